The third-order valence-corrected chi connectivity index (χ3v) is 7.46. The van der Waals surface area contributed by atoms with Crippen molar-refractivity contribution in [2.45, 2.75) is 31.7 Å². The first-order chi connectivity index (χ1) is 15.0. The van der Waals surface area contributed by atoms with E-state index in [1.165, 1.54) is 22.6 Å². The minimum Gasteiger partial charge on any atom is -0.310 e. The highest BCUT2D eigenvalue weighted by molar-refractivity contribution is 7.92. The maximum atomic E-state index is 12.6. The molecule has 2 heterocycles. The molecule has 0 unspecified atom stereocenters. The van der Waals surface area contributed by atoms with Crippen LogP contribution in [0.25, 0.3) is 6.08 Å². The second-order valence-corrected chi connectivity index (χ2v) is 9.90. The molecular weight excluding hydrogens is 414 g/mol. The predicted molar refractivity (Wildman–Crippen MR) is 121 cm³/mol. The average Bonchev–Trinajstić information content (AvgIpc) is 3.45. The number of aromatic nitrogens is 2. The van der Waals surface area contributed by atoms with E-state index in [1.807, 2.05) is 46.0 Å². The first-order valence-electron chi connectivity index (χ1n) is 10.8. The molecule has 1 aliphatic carbocycles. The van der Waals surface area contributed by atoms with Crippen molar-refractivity contribution in [3.8, 4) is 0 Å². The van der Waals surface area contributed by atoms with Gasteiger partial charge in [-0.1, -0.05) is 43.2 Å². The second kappa shape index (κ2) is 9.76. The van der Waals surface area contributed by atoms with E-state index in [-0.39, 0.29) is 12.5 Å². The van der Waals surface area contributed by atoms with Crippen molar-refractivity contribution in [3.63, 3.8) is 0 Å². The fraction of sp³-hybridized carbons (Fsp3) is 0.455. The summed E-state index contributed by atoms with van der Waals surface area (Å²) in [5.41, 5.74) is 0.846. The summed E-state index contributed by atoms with van der Waals surface area (Å²) in [7, 11) is -3.48. The smallest absolute Gasteiger partial charge is 0.239 e. The van der Waals surface area contributed by atoms with Gasteiger partial charge in [0.15, 0.2) is 0 Å². The Labute approximate surface area is 183 Å². The molecule has 1 aromatic carbocycles. The number of carbonyl (C=O) groups excluding carboxylic acids is 1. The van der Waals surface area contributed by atoms with Crippen LogP contribution in [-0.2, 0) is 14.8 Å². The van der Waals surface area contributed by atoms with Crippen molar-refractivity contribution in [2.24, 2.45) is 0 Å². The molecule has 2 fully saturated rings. The van der Waals surface area contributed by atoms with E-state index in [0.717, 1.165) is 24.2 Å². The van der Waals surface area contributed by atoms with Crippen molar-refractivity contribution in [3.05, 3.63) is 53.6 Å². The van der Waals surface area contributed by atoms with Crippen molar-refractivity contribution < 1.29 is 13.2 Å². The van der Waals surface area contributed by atoms with E-state index in [4.69, 9.17) is 0 Å². The molecule has 166 valence electrons. The van der Waals surface area contributed by atoms with Gasteiger partial charge in [0.2, 0.25) is 15.9 Å². The summed E-state index contributed by atoms with van der Waals surface area (Å²) in [6, 6.07) is 11.6. The van der Waals surface area contributed by atoms with Crippen molar-refractivity contribution in [2.75, 3.05) is 38.0 Å². The molecule has 4 rings (SSSR count). The molecule has 1 saturated heterocycles. The molecule has 2 aliphatic rings. The van der Waals surface area contributed by atoms with Crippen molar-refractivity contribution in [1.29, 1.82) is 0 Å². The summed E-state index contributed by atoms with van der Waals surface area (Å²) in [5.74, 6) is 0.643. The molecule has 8 nitrogen and oxygen atoms in total. The summed E-state index contributed by atoms with van der Waals surface area (Å²) in [4.78, 5) is 14.5. The number of sulfonamides is 1. The van der Waals surface area contributed by atoms with Crippen LogP contribution >= 0.6 is 0 Å². The first kappa shape index (κ1) is 21.7. The van der Waals surface area contributed by atoms with Crippen LogP contribution in [0, 0.1) is 0 Å². The molecule has 0 atom stereocenters. The van der Waals surface area contributed by atoms with Crippen molar-refractivity contribution >= 4 is 27.8 Å². The SMILES string of the molecule is O=C(CN1CCN(S(=O)(=O)/C=C/c2ccccc2)CC1)Nc1ccnn1C1CCCC1. The standard InChI is InChI=1S/C22H29N5O3S/c28-22(24-21-10-12-23-27(21)20-8-4-5-9-20)18-25-13-15-26(16-14-25)31(29,30)17-11-19-6-2-1-3-7-19/h1-3,6-7,10-12,17,20H,4-5,8-9,13-16,18H2,(H,24,28)/b17-11+. The minimum absolute atomic E-state index is 0.0972. The number of nitrogens with zero attached hydrogens (tertiary/aromatic N) is 4. The maximum Gasteiger partial charge on any atom is 0.239 e. The van der Waals surface area contributed by atoms with Crippen LogP contribution in [0.4, 0.5) is 5.82 Å². The van der Waals surface area contributed by atoms with Gasteiger partial charge >= 0.3 is 0 Å². The summed E-state index contributed by atoms with van der Waals surface area (Å²) in [6.07, 6.45) is 7.93. The lowest BCUT2D eigenvalue weighted by atomic mass is 10.2. The molecule has 1 saturated carbocycles. The third-order valence-electron chi connectivity index (χ3n) is 5.90. The number of benzene rings is 1. The van der Waals surface area contributed by atoms with Crippen LogP contribution in [0.3, 0.4) is 0 Å². The molecule has 0 bridgehead atoms. The van der Waals surface area contributed by atoms with Gasteiger partial charge in [-0.25, -0.2) is 13.1 Å². The fourth-order valence-corrected chi connectivity index (χ4v) is 5.37. The summed E-state index contributed by atoms with van der Waals surface area (Å²) in [5, 5.41) is 8.61. The fourth-order valence-electron chi connectivity index (χ4n) is 4.20. The molecule has 1 aromatic heterocycles. The Hall–Kier alpha value is -2.49. The lowest BCUT2D eigenvalue weighted by molar-refractivity contribution is -0.117. The van der Waals surface area contributed by atoms with Gasteiger partial charge in [-0.2, -0.15) is 9.40 Å². The van der Waals surface area contributed by atoms with Crippen LogP contribution in [0.2, 0.25) is 0 Å². The highest BCUT2D eigenvalue weighted by Gasteiger charge is 2.26. The zero-order chi connectivity index (χ0) is 21.7. The number of nitrogens with one attached hydrogen (secondary N) is 1. The average molecular weight is 444 g/mol. The topological polar surface area (TPSA) is 87.5 Å². The molecular formula is C22H29N5O3S. The highest BCUT2D eigenvalue weighted by Crippen LogP contribution is 2.31. The van der Waals surface area contributed by atoms with Gasteiger partial charge in [-0.05, 0) is 24.5 Å². The normalized spacial score (nSPS) is 19.2. The van der Waals surface area contributed by atoms with E-state index in [2.05, 4.69) is 10.4 Å². The Morgan fingerprint density at radius 1 is 1.06 bits per heavy atom. The van der Waals surface area contributed by atoms with E-state index in [0.29, 0.717) is 32.2 Å². The minimum atomic E-state index is -3.48. The molecule has 1 aliphatic heterocycles. The zero-order valence-electron chi connectivity index (χ0n) is 17.6. The Morgan fingerprint density at radius 2 is 1.77 bits per heavy atom. The number of hydrogen-bond donors (Lipinski definition) is 1. The number of anilines is 1. The number of hydrogen-bond acceptors (Lipinski definition) is 5. The Morgan fingerprint density at radius 3 is 2.48 bits per heavy atom. The number of piperazine rings is 1. The first-order valence-corrected chi connectivity index (χ1v) is 12.3. The summed E-state index contributed by atoms with van der Waals surface area (Å²) in [6.45, 7) is 2.02. The molecule has 2 aromatic rings. The van der Waals surface area contributed by atoms with E-state index < -0.39 is 10.0 Å². The van der Waals surface area contributed by atoms with Crippen LogP contribution in [0.15, 0.2) is 48.0 Å². The van der Waals surface area contributed by atoms with Crippen LogP contribution < -0.4 is 5.32 Å². The summed E-state index contributed by atoms with van der Waals surface area (Å²) < 4.78 is 28.6. The van der Waals surface area contributed by atoms with Crippen molar-refractivity contribution in [1.82, 2.24) is 19.0 Å². The van der Waals surface area contributed by atoms with Gasteiger partial charge in [-0.3, -0.25) is 9.69 Å². The van der Waals surface area contributed by atoms with Gasteiger partial charge in [0.25, 0.3) is 0 Å². The molecule has 31 heavy (non-hydrogen) atoms. The van der Waals surface area contributed by atoms with E-state index in [9.17, 15) is 13.2 Å². The summed E-state index contributed by atoms with van der Waals surface area (Å²) >= 11 is 0. The lowest BCUT2D eigenvalue weighted by Gasteiger charge is -2.32. The number of carbonyl (C=O) groups is 1. The molecule has 0 spiro atoms. The van der Waals surface area contributed by atoms with Crippen LogP contribution in [0.5, 0.6) is 0 Å². The second-order valence-electron chi connectivity index (χ2n) is 8.08. The Balaban J connectivity index is 1.27. The maximum absolute atomic E-state index is 12.6. The zero-order valence-corrected chi connectivity index (χ0v) is 18.4. The highest BCUT2D eigenvalue weighted by atomic mass is 32.2. The molecule has 1 N–H and O–H groups in total. The Bertz CT molecular complexity index is 1000. The van der Waals surface area contributed by atoms with E-state index >= 15 is 0 Å². The number of amides is 1. The predicted octanol–water partition coefficient (Wildman–Crippen LogP) is 2.55. The number of rotatable bonds is 7. The molecule has 9 heteroatoms. The van der Waals surface area contributed by atoms with Gasteiger partial charge in [0.1, 0.15) is 5.82 Å². The molecule has 0 radical (unpaired) electrons. The van der Waals surface area contributed by atoms with Crippen LogP contribution in [0.1, 0.15) is 37.3 Å². The third kappa shape index (κ3) is 5.61. The van der Waals surface area contributed by atoms with Gasteiger partial charge in [0, 0.05) is 37.7 Å². The van der Waals surface area contributed by atoms with Gasteiger partial charge in [-0.15, -0.1) is 0 Å². The quantitative estimate of drug-likeness (QED) is 0.711. The van der Waals surface area contributed by atoms with Gasteiger partial charge in [0.05, 0.1) is 18.8 Å². The lowest BCUT2D eigenvalue weighted by Crippen LogP contribution is -2.50. The Kier molecular flexibility index (Phi) is 6.84. The van der Waals surface area contributed by atoms with Crippen LogP contribution in [-0.4, -0.2) is 66.0 Å². The van der Waals surface area contributed by atoms with E-state index in [1.54, 1.807) is 12.3 Å². The largest absolute Gasteiger partial charge is 0.310 e. The van der Waals surface area contributed by atoms with Gasteiger partial charge < -0.3 is 5.32 Å². The monoisotopic (exact) mass is 443 g/mol. The molecule has 1 amide bonds.